The molecule has 3 N–H and O–H groups in total. The summed E-state index contributed by atoms with van der Waals surface area (Å²) in [5, 5.41) is 11.8. The number of esters is 2. The molecule has 0 aromatic heterocycles. The highest BCUT2D eigenvalue weighted by molar-refractivity contribution is 6.41. The van der Waals surface area contributed by atoms with Crippen LogP contribution in [0.1, 0.15) is 46.9 Å². The van der Waals surface area contributed by atoms with Crippen LogP contribution in [0.25, 0.3) is 22.3 Å². The number of hydrogen-bond acceptors (Lipinski definition) is 8. The number of nitrogens with one attached hydrogen (secondary N) is 3. The Labute approximate surface area is 459 Å². The largest absolute Gasteiger partial charge is 0.469 e. The van der Waals surface area contributed by atoms with E-state index < -0.39 is 0 Å². The lowest BCUT2D eigenvalue weighted by Gasteiger charge is -2.34. The molecule has 2 saturated heterocycles. The van der Waals surface area contributed by atoms with Crippen molar-refractivity contribution in [3.8, 4) is 22.3 Å². The molecule has 74 heavy (non-hydrogen) atoms. The fourth-order valence-electron chi connectivity index (χ4n) is 10.8. The van der Waals surface area contributed by atoms with Crippen molar-refractivity contribution < 1.29 is 28.7 Å². The number of methoxy groups -OCH3 is 2. The number of fused-ring (bicyclic) bond motifs is 2. The van der Waals surface area contributed by atoms with Crippen molar-refractivity contribution in [3.63, 3.8) is 0 Å². The van der Waals surface area contributed by atoms with Gasteiger partial charge in [-0.15, -0.1) is 0 Å². The lowest BCUT2D eigenvalue weighted by atomic mass is 9.84. The molecule has 0 spiro atoms. The van der Waals surface area contributed by atoms with E-state index >= 15 is 0 Å². The number of likely N-dealkylation sites (tertiary alicyclic amines) is 1. The summed E-state index contributed by atoms with van der Waals surface area (Å²) in [6.07, 6.45) is 2.48. The molecule has 0 radical (unpaired) electrons. The molecular weight excluding hydrogens is 1070 g/mol. The Balaban J connectivity index is 0.000000170. The van der Waals surface area contributed by atoms with E-state index in [0.29, 0.717) is 91.5 Å². The minimum absolute atomic E-state index is 0.115. The van der Waals surface area contributed by atoms with Crippen LogP contribution in [0.3, 0.4) is 0 Å². The Bertz CT molecular complexity index is 3170. The second-order valence-corrected chi connectivity index (χ2v) is 21.5. The van der Waals surface area contributed by atoms with Gasteiger partial charge in [0.2, 0.25) is 0 Å². The fraction of sp³-hybridized carbons (Fsp3) is 0.286. The van der Waals surface area contributed by atoms with Crippen LogP contribution < -0.4 is 25.8 Å². The maximum absolute atomic E-state index is 13.4. The van der Waals surface area contributed by atoms with E-state index in [9.17, 15) is 19.2 Å². The van der Waals surface area contributed by atoms with E-state index in [2.05, 4.69) is 33.0 Å². The van der Waals surface area contributed by atoms with Gasteiger partial charge in [0.05, 0.1) is 68.9 Å². The van der Waals surface area contributed by atoms with Crippen LogP contribution in [0.2, 0.25) is 30.1 Å². The van der Waals surface area contributed by atoms with Crippen molar-refractivity contribution in [3.05, 3.63) is 162 Å². The summed E-state index contributed by atoms with van der Waals surface area (Å²) in [6, 6.07) is 32.9. The Hall–Kier alpha value is -5.54. The minimum atomic E-state index is -0.355. The number of rotatable bonds is 10. The van der Waals surface area contributed by atoms with Crippen LogP contribution in [0.4, 0.5) is 32.3 Å². The Morgan fingerprint density at radius 1 is 0.541 bits per heavy atom. The van der Waals surface area contributed by atoms with Crippen LogP contribution in [-0.2, 0) is 32.2 Å². The van der Waals surface area contributed by atoms with Gasteiger partial charge in [-0.05, 0) is 89.5 Å². The van der Waals surface area contributed by atoms with Crippen LogP contribution >= 0.6 is 69.6 Å². The zero-order valence-electron chi connectivity index (χ0n) is 40.2. The molecule has 6 aromatic carbocycles. The number of hydrogen-bond donors (Lipinski definition) is 3. The second-order valence-electron chi connectivity index (χ2n) is 19.0. The third kappa shape index (κ3) is 10.2. The summed E-state index contributed by atoms with van der Waals surface area (Å²) in [7, 11) is 2.83. The predicted molar refractivity (Wildman–Crippen MR) is 294 cm³/mol. The zero-order valence-corrected chi connectivity index (χ0v) is 44.7. The molecule has 4 heterocycles. The summed E-state index contributed by atoms with van der Waals surface area (Å²) in [5.74, 6) is -0.739. The molecule has 382 valence electrons. The monoisotopic (exact) mass is 1110 g/mol. The van der Waals surface area contributed by atoms with Gasteiger partial charge in [0.1, 0.15) is 0 Å². The van der Waals surface area contributed by atoms with Crippen molar-refractivity contribution in [2.75, 3.05) is 56.7 Å². The normalized spacial score (nSPS) is 20.2. The third-order valence-electron chi connectivity index (χ3n) is 14.6. The van der Waals surface area contributed by atoms with Gasteiger partial charge < -0.3 is 30.3 Å². The zero-order chi connectivity index (χ0) is 51.9. The quantitative estimate of drug-likeness (QED) is 0.116. The Morgan fingerprint density at radius 3 is 1.45 bits per heavy atom. The molecule has 4 atom stereocenters. The number of para-hydroxylation sites is 2. The average Bonchev–Trinajstić information content (AvgIpc) is 3.89. The summed E-state index contributed by atoms with van der Waals surface area (Å²) in [6.45, 7) is 4.08. The van der Waals surface area contributed by atoms with Crippen molar-refractivity contribution in [2.45, 2.75) is 37.8 Å². The predicted octanol–water partition coefficient (Wildman–Crippen LogP) is 13.4. The number of urea groups is 2. The number of carbonyl (C=O) groups is 4. The summed E-state index contributed by atoms with van der Waals surface area (Å²) in [4.78, 5) is 57.5. The highest BCUT2D eigenvalue weighted by Gasteiger charge is 2.43. The maximum Gasteiger partial charge on any atom is 0.326 e. The van der Waals surface area contributed by atoms with Gasteiger partial charge in [-0.2, -0.15) is 0 Å². The Morgan fingerprint density at radius 2 is 0.986 bits per heavy atom. The van der Waals surface area contributed by atoms with E-state index in [4.69, 9.17) is 79.1 Å². The first-order chi connectivity index (χ1) is 35.8. The summed E-state index contributed by atoms with van der Waals surface area (Å²) in [5.41, 5.74) is 9.16. The number of carbonyl (C=O) groups excluding carboxylic acids is 4. The molecule has 3 fully saturated rings. The van der Waals surface area contributed by atoms with Gasteiger partial charge in [0, 0.05) is 89.9 Å². The van der Waals surface area contributed by atoms with E-state index in [1.165, 1.54) is 36.9 Å². The second kappa shape index (κ2) is 22.0. The standard InChI is InChI=1S/C30H28Cl3N3O3.C26H22Cl3N3O3/c1-39-29(37)23-16-35(14-17-9-10-17)15-22(23)18-11-20(19-5-2-3-6-24(19)31)21-13-34-30(38)36(27(21)12-18)28-25(32)7-4-8-26(28)33;1-35-25(33)19-12-30-11-17(19)14-9-16(15-5-2-3-6-20(15)27)18-13-31-26(34)32(23(18)10-14)24-21(28)7-4-8-22(24)29/h2-8,11-12,17,22-23H,9-10,13-16H2,1H3,(H,34,38);2-10,17,19,30H,11-13H2,1H3,(H,31,34)/t22?,23-;17?,19-/m00/s1. The molecule has 1 aliphatic carbocycles. The molecule has 1 saturated carbocycles. The molecule has 5 aliphatic rings. The van der Waals surface area contributed by atoms with Crippen molar-refractivity contribution in [1.82, 2.24) is 20.9 Å². The topological polar surface area (TPSA) is 133 Å². The highest BCUT2D eigenvalue weighted by Crippen LogP contribution is 2.49. The third-order valence-corrected chi connectivity index (χ3v) is 16.4. The van der Waals surface area contributed by atoms with Crippen molar-refractivity contribution in [2.24, 2.45) is 17.8 Å². The number of benzene rings is 6. The molecule has 12 nitrogen and oxygen atoms in total. The number of amides is 4. The van der Waals surface area contributed by atoms with Gasteiger partial charge in [-0.25, -0.2) is 9.59 Å². The van der Waals surface area contributed by atoms with E-state index in [1.807, 2.05) is 60.7 Å². The van der Waals surface area contributed by atoms with Crippen LogP contribution in [0, 0.1) is 17.8 Å². The lowest BCUT2D eigenvalue weighted by molar-refractivity contribution is -0.146. The molecule has 4 aliphatic heterocycles. The highest BCUT2D eigenvalue weighted by atomic mass is 35.5. The maximum atomic E-state index is 13.4. The number of anilines is 4. The van der Waals surface area contributed by atoms with Gasteiger partial charge >= 0.3 is 24.0 Å². The average molecular weight is 1120 g/mol. The molecule has 6 aromatic rings. The first-order valence-electron chi connectivity index (χ1n) is 24.2. The van der Waals surface area contributed by atoms with Crippen LogP contribution in [0.15, 0.2) is 109 Å². The molecule has 18 heteroatoms. The first kappa shape index (κ1) is 51.9. The molecule has 4 amide bonds. The van der Waals surface area contributed by atoms with Gasteiger partial charge in [0.25, 0.3) is 0 Å². The molecular formula is C56H50Cl6N6O6. The SMILES string of the molecule is COC(=O)[C@H]1CN(CC2CC2)CC1c1cc(-c2ccccc2Cl)c2c(c1)N(c1c(Cl)cccc1Cl)C(=O)NC2.COC(=O)[C@H]1CNCC1c1cc(-c2ccccc2Cl)c2c(c1)N(c1c(Cl)cccc1Cl)C(=O)NC2. The van der Waals surface area contributed by atoms with Crippen LogP contribution in [0.5, 0.6) is 0 Å². The van der Waals surface area contributed by atoms with Crippen LogP contribution in [-0.4, -0.2) is 75.8 Å². The van der Waals surface area contributed by atoms with Crippen molar-refractivity contribution >= 4 is 116 Å². The van der Waals surface area contributed by atoms with Gasteiger partial charge in [0.15, 0.2) is 0 Å². The minimum Gasteiger partial charge on any atom is -0.469 e. The lowest BCUT2D eigenvalue weighted by Crippen LogP contribution is -2.42. The Kier molecular flexibility index (Phi) is 15.4. The first-order valence-corrected chi connectivity index (χ1v) is 26.5. The number of halogens is 6. The van der Waals surface area contributed by atoms with Crippen molar-refractivity contribution in [1.29, 1.82) is 0 Å². The van der Waals surface area contributed by atoms with E-state index in [1.54, 1.807) is 36.4 Å². The molecule has 11 rings (SSSR count). The molecule has 2 unspecified atom stereocenters. The van der Waals surface area contributed by atoms with E-state index in [0.717, 1.165) is 57.6 Å². The molecule has 0 bridgehead atoms. The fourth-order valence-corrected chi connectivity index (χ4v) is 12.4. The van der Waals surface area contributed by atoms with Gasteiger partial charge in [-0.1, -0.05) is 130 Å². The number of ether oxygens (including phenoxy) is 2. The summed E-state index contributed by atoms with van der Waals surface area (Å²) < 4.78 is 10.3. The number of nitrogens with zero attached hydrogens (tertiary/aromatic N) is 3. The smallest absolute Gasteiger partial charge is 0.326 e. The van der Waals surface area contributed by atoms with E-state index in [-0.39, 0.29) is 47.7 Å². The summed E-state index contributed by atoms with van der Waals surface area (Å²) >= 11 is 39.6. The van der Waals surface area contributed by atoms with Gasteiger partial charge in [-0.3, -0.25) is 19.4 Å².